The lowest BCUT2D eigenvalue weighted by Crippen LogP contribution is -2.37. The standard InChI is InChI=1S/C73H66N2Si2/c1-73(2)69-49-63(74(59-29-17-25-55(45-59)51-21-11-9-12-22-51)60-30-18-27-57(46-60)53-35-40-64(41-36-53)76(3,4)5)39-44-68(69)72-67-34-16-15-33-66(67)71(50-70(72)73)75(61-31-19-26-56(47-61)52-23-13-10-14-24-52)62-32-20-28-58(48-62)54-37-42-65(43-38-54)77(6,7)8/h9-50H,1-8H3. The lowest BCUT2D eigenvalue weighted by atomic mass is 9.81. The van der Waals surface area contributed by atoms with E-state index in [1.807, 2.05) is 0 Å². The molecule has 1 aliphatic carbocycles. The van der Waals surface area contributed by atoms with Gasteiger partial charge >= 0.3 is 0 Å². The number of hydrogen-bond donors (Lipinski definition) is 0. The van der Waals surface area contributed by atoms with E-state index in [4.69, 9.17) is 0 Å². The molecule has 0 fully saturated rings. The molecule has 0 amide bonds. The van der Waals surface area contributed by atoms with Gasteiger partial charge in [0.15, 0.2) is 0 Å². The van der Waals surface area contributed by atoms with Crippen LogP contribution >= 0.6 is 0 Å². The van der Waals surface area contributed by atoms with Gasteiger partial charge in [0, 0.05) is 39.2 Å². The highest BCUT2D eigenvalue weighted by Gasteiger charge is 2.39. The molecule has 0 bridgehead atoms. The van der Waals surface area contributed by atoms with E-state index in [2.05, 4.69) is 318 Å². The Labute approximate surface area is 458 Å². The van der Waals surface area contributed by atoms with Crippen molar-refractivity contribution in [2.75, 3.05) is 9.80 Å². The summed E-state index contributed by atoms with van der Waals surface area (Å²) in [6.07, 6.45) is 0. The fourth-order valence-corrected chi connectivity index (χ4v) is 14.0. The first-order valence-corrected chi connectivity index (χ1v) is 34.2. The Kier molecular flexibility index (Phi) is 12.7. The predicted molar refractivity (Wildman–Crippen MR) is 339 cm³/mol. The van der Waals surface area contributed by atoms with Crippen molar-refractivity contribution in [3.05, 3.63) is 266 Å². The van der Waals surface area contributed by atoms with Crippen LogP contribution in [-0.2, 0) is 5.41 Å². The maximum Gasteiger partial charge on any atom is 0.0775 e. The second kappa shape index (κ2) is 19.7. The average molecular weight is 1030 g/mol. The Morgan fingerprint density at radius 3 is 1.08 bits per heavy atom. The highest BCUT2D eigenvalue weighted by atomic mass is 28.3. The van der Waals surface area contributed by atoms with Crippen LogP contribution in [0.2, 0.25) is 39.3 Å². The monoisotopic (exact) mass is 1030 g/mol. The van der Waals surface area contributed by atoms with Gasteiger partial charge in [0.05, 0.1) is 21.8 Å². The summed E-state index contributed by atoms with van der Waals surface area (Å²) in [4.78, 5) is 4.97. The molecule has 12 rings (SSSR count). The molecular weight excluding hydrogens is 961 g/mol. The summed E-state index contributed by atoms with van der Waals surface area (Å²) >= 11 is 0. The van der Waals surface area contributed by atoms with Gasteiger partial charge < -0.3 is 9.80 Å². The molecule has 0 atom stereocenters. The average Bonchev–Trinajstić information content (AvgIpc) is 3.78. The SMILES string of the molecule is CC1(C)c2cc(N(c3cccc(-c4ccccc4)c3)c3cccc(-c4ccc([Si](C)(C)C)cc4)c3)ccc2-c2c1cc(N(c1cccc(-c3ccccc3)c1)c1cccc(-c3ccc([Si](C)(C)C)cc3)c1)c1ccccc21. The van der Waals surface area contributed by atoms with Crippen LogP contribution < -0.4 is 20.2 Å². The lowest BCUT2D eigenvalue weighted by molar-refractivity contribution is 0.661. The number of nitrogens with zero attached hydrogens (tertiary/aromatic N) is 2. The summed E-state index contributed by atoms with van der Waals surface area (Å²) in [7, 11) is -2.91. The molecule has 11 aromatic carbocycles. The van der Waals surface area contributed by atoms with Crippen LogP contribution in [0.5, 0.6) is 0 Å². The van der Waals surface area contributed by atoms with Crippen molar-refractivity contribution >= 4 is 71.4 Å². The van der Waals surface area contributed by atoms with Gasteiger partial charge in [-0.1, -0.05) is 252 Å². The van der Waals surface area contributed by atoms with Crippen LogP contribution in [0.3, 0.4) is 0 Å². The topological polar surface area (TPSA) is 6.48 Å². The van der Waals surface area contributed by atoms with E-state index < -0.39 is 16.1 Å². The van der Waals surface area contributed by atoms with Gasteiger partial charge in [-0.25, -0.2) is 0 Å². The molecule has 0 N–H and O–H groups in total. The largest absolute Gasteiger partial charge is 0.310 e. The van der Waals surface area contributed by atoms with Gasteiger partial charge in [0.25, 0.3) is 0 Å². The maximum absolute atomic E-state index is 2.51. The first-order valence-electron chi connectivity index (χ1n) is 27.2. The third-order valence-corrected chi connectivity index (χ3v) is 20.1. The van der Waals surface area contributed by atoms with Gasteiger partial charge in [-0.15, -0.1) is 0 Å². The molecule has 0 aliphatic heterocycles. The number of fused-ring (bicyclic) bond motifs is 5. The Morgan fingerprint density at radius 1 is 0.286 bits per heavy atom. The normalized spacial score (nSPS) is 12.8. The molecule has 0 unspecified atom stereocenters. The van der Waals surface area contributed by atoms with Crippen molar-refractivity contribution in [2.45, 2.75) is 58.5 Å². The van der Waals surface area contributed by atoms with Gasteiger partial charge in [-0.05, 0) is 139 Å². The Hall–Kier alpha value is -8.29. The van der Waals surface area contributed by atoms with Crippen LogP contribution in [0.15, 0.2) is 255 Å². The van der Waals surface area contributed by atoms with Gasteiger partial charge in [-0.2, -0.15) is 0 Å². The molecule has 0 saturated heterocycles. The van der Waals surface area contributed by atoms with Crippen molar-refractivity contribution < 1.29 is 0 Å². The van der Waals surface area contributed by atoms with Crippen molar-refractivity contribution in [1.82, 2.24) is 0 Å². The number of hydrogen-bond acceptors (Lipinski definition) is 2. The molecule has 1 aliphatic rings. The number of benzene rings is 11. The summed E-state index contributed by atoms with van der Waals surface area (Å²) < 4.78 is 0. The maximum atomic E-state index is 2.51. The van der Waals surface area contributed by atoms with Gasteiger partial charge in [-0.3, -0.25) is 0 Å². The number of anilines is 6. The van der Waals surface area contributed by atoms with E-state index in [9.17, 15) is 0 Å². The van der Waals surface area contributed by atoms with Gasteiger partial charge in [0.2, 0.25) is 0 Å². The fraction of sp³-hybridized carbons (Fsp3) is 0.123. The lowest BCUT2D eigenvalue weighted by Gasteiger charge is -2.31. The molecule has 0 heterocycles. The zero-order chi connectivity index (χ0) is 53.1. The minimum atomic E-state index is -1.46. The van der Waals surface area contributed by atoms with Crippen LogP contribution in [0, 0.1) is 0 Å². The molecule has 77 heavy (non-hydrogen) atoms. The minimum Gasteiger partial charge on any atom is -0.310 e. The van der Waals surface area contributed by atoms with Crippen LogP contribution in [0.1, 0.15) is 25.0 Å². The zero-order valence-corrected chi connectivity index (χ0v) is 47.6. The Bertz CT molecular complexity index is 3960. The van der Waals surface area contributed by atoms with E-state index in [1.165, 1.54) is 87.9 Å². The summed E-state index contributed by atoms with van der Waals surface area (Å²) in [6, 6.07) is 95.3. The summed E-state index contributed by atoms with van der Waals surface area (Å²) in [5.74, 6) is 0. The highest BCUT2D eigenvalue weighted by Crippen LogP contribution is 2.56. The first-order chi connectivity index (χ1) is 37.2. The molecule has 0 spiro atoms. The third kappa shape index (κ3) is 9.47. The predicted octanol–water partition coefficient (Wildman–Crippen LogP) is 19.8. The Morgan fingerprint density at radius 2 is 0.649 bits per heavy atom. The molecule has 376 valence electrons. The summed E-state index contributed by atoms with van der Waals surface area (Å²) in [6.45, 7) is 19.3. The third-order valence-electron chi connectivity index (χ3n) is 15.9. The molecule has 0 saturated carbocycles. The molecule has 4 heteroatoms. The van der Waals surface area contributed by atoms with Crippen molar-refractivity contribution in [1.29, 1.82) is 0 Å². The highest BCUT2D eigenvalue weighted by molar-refractivity contribution is 6.89. The van der Waals surface area contributed by atoms with Crippen LogP contribution in [-0.4, -0.2) is 16.1 Å². The van der Waals surface area contributed by atoms with Crippen molar-refractivity contribution in [3.63, 3.8) is 0 Å². The smallest absolute Gasteiger partial charge is 0.0775 e. The van der Waals surface area contributed by atoms with Crippen LogP contribution in [0.4, 0.5) is 34.1 Å². The van der Waals surface area contributed by atoms with E-state index in [1.54, 1.807) is 0 Å². The molecular formula is C73H66N2Si2. The summed E-state index contributed by atoms with van der Waals surface area (Å²) in [5, 5.41) is 5.40. The van der Waals surface area contributed by atoms with E-state index in [0.717, 1.165) is 34.1 Å². The molecule has 11 aromatic rings. The van der Waals surface area contributed by atoms with Gasteiger partial charge in [0.1, 0.15) is 0 Å². The van der Waals surface area contributed by atoms with Crippen molar-refractivity contribution in [2.24, 2.45) is 0 Å². The Balaban J connectivity index is 1.02. The first kappa shape index (κ1) is 49.6. The zero-order valence-electron chi connectivity index (χ0n) is 45.6. The van der Waals surface area contributed by atoms with Crippen LogP contribution in [0.25, 0.3) is 66.4 Å². The summed E-state index contributed by atoms with van der Waals surface area (Å²) in [5.41, 5.74) is 21.2. The molecule has 2 nitrogen and oxygen atoms in total. The quantitative estimate of drug-likeness (QED) is 0.113. The fourth-order valence-electron chi connectivity index (χ4n) is 11.6. The second-order valence-corrected chi connectivity index (χ2v) is 33.6. The minimum absolute atomic E-state index is 0.353. The van der Waals surface area contributed by atoms with E-state index >= 15 is 0 Å². The number of rotatable bonds is 12. The molecule has 0 radical (unpaired) electrons. The van der Waals surface area contributed by atoms with E-state index in [0.29, 0.717) is 0 Å². The molecule has 0 aromatic heterocycles. The second-order valence-electron chi connectivity index (χ2n) is 23.5. The van der Waals surface area contributed by atoms with E-state index in [-0.39, 0.29) is 5.41 Å². The van der Waals surface area contributed by atoms with Crippen molar-refractivity contribution in [3.8, 4) is 55.6 Å².